The van der Waals surface area contributed by atoms with Gasteiger partial charge in [0.2, 0.25) is 5.91 Å². The van der Waals surface area contributed by atoms with E-state index in [0.29, 0.717) is 34.2 Å². The van der Waals surface area contributed by atoms with Crippen molar-refractivity contribution in [3.8, 4) is 16.9 Å². The van der Waals surface area contributed by atoms with Gasteiger partial charge in [-0.15, -0.1) is 5.10 Å². The largest absolute Gasteiger partial charge is 0.453 e. The topological polar surface area (TPSA) is 152 Å². The minimum Gasteiger partial charge on any atom is -0.453 e. The summed E-state index contributed by atoms with van der Waals surface area (Å²) in [4.78, 5) is 33.5. The Morgan fingerprint density at radius 3 is 2.76 bits per heavy atom. The Morgan fingerprint density at radius 2 is 1.94 bits per heavy atom. The van der Waals surface area contributed by atoms with Crippen molar-refractivity contribution in [3.05, 3.63) is 107 Å². The Balaban J connectivity index is 1.23. The van der Waals surface area contributed by atoms with E-state index in [1.165, 1.54) is 29.8 Å². The van der Waals surface area contributed by atoms with Gasteiger partial charge in [-0.3, -0.25) is 10.1 Å². The maximum absolute atomic E-state index is 13.3. The highest BCUT2D eigenvalue weighted by molar-refractivity contribution is 6.30. The summed E-state index contributed by atoms with van der Waals surface area (Å²) in [6.45, 7) is 0. The zero-order valence-corrected chi connectivity index (χ0v) is 27.9. The van der Waals surface area contributed by atoms with Crippen molar-refractivity contribution >= 4 is 41.1 Å². The third-order valence-corrected chi connectivity index (χ3v) is 8.73. The quantitative estimate of drug-likeness (QED) is 0.120. The van der Waals surface area contributed by atoms with Crippen molar-refractivity contribution < 1.29 is 14.3 Å². The number of fused-ring (bicyclic) bond motifs is 4. The second-order valence-electron chi connectivity index (χ2n) is 11.9. The van der Waals surface area contributed by atoms with E-state index in [-0.39, 0.29) is 18.0 Å². The number of halogens is 1. The zero-order chi connectivity index (χ0) is 34.0. The van der Waals surface area contributed by atoms with Gasteiger partial charge in [0.15, 0.2) is 0 Å². The molecule has 0 fully saturated rings. The number of aryl methyl sites for hydroxylation is 1. The molecule has 0 saturated carbocycles. The molecule has 6 rings (SSSR count). The number of H-pyrrole nitrogens is 1. The second-order valence-corrected chi connectivity index (χ2v) is 12.4. The van der Waals surface area contributed by atoms with Gasteiger partial charge >= 0.3 is 6.09 Å². The molecule has 0 aliphatic carbocycles. The number of anilines is 2. The van der Waals surface area contributed by atoms with Crippen LogP contribution in [0.3, 0.4) is 0 Å². The first-order chi connectivity index (χ1) is 23.9. The van der Waals surface area contributed by atoms with Crippen LogP contribution < -0.4 is 16.0 Å². The lowest BCUT2D eigenvalue weighted by Crippen LogP contribution is -2.28. The van der Waals surface area contributed by atoms with Gasteiger partial charge in [-0.05, 0) is 90.6 Å². The summed E-state index contributed by atoms with van der Waals surface area (Å²) < 4.78 is 6.34. The first-order valence-electron chi connectivity index (χ1n) is 16.3. The van der Waals surface area contributed by atoms with Crippen LogP contribution >= 0.6 is 11.6 Å². The molecule has 252 valence electrons. The molecular weight excluding hydrogens is 642 g/mol. The number of hydrogen-bond acceptors (Lipinski definition) is 8. The molecule has 13 heteroatoms. The zero-order valence-electron chi connectivity index (χ0n) is 27.1. The molecule has 0 radical (unpaired) electrons. The molecule has 2 aromatic heterocycles. The van der Waals surface area contributed by atoms with Crippen LogP contribution in [-0.4, -0.2) is 55.3 Å². The smallest absolute Gasteiger partial charge is 0.411 e. The summed E-state index contributed by atoms with van der Waals surface area (Å²) >= 11 is 6.26. The fourth-order valence-electron chi connectivity index (χ4n) is 6.04. The first-order valence-corrected chi connectivity index (χ1v) is 16.7. The monoisotopic (exact) mass is 679 g/mol. The second kappa shape index (κ2) is 16.1. The van der Waals surface area contributed by atoms with Crippen LogP contribution in [0.5, 0.6) is 0 Å². The Hall–Kier alpha value is -5.49. The molecule has 4 N–H and O–H groups in total. The molecule has 12 nitrogen and oxygen atoms in total. The predicted molar refractivity (Wildman–Crippen MR) is 189 cm³/mol. The van der Waals surface area contributed by atoms with Crippen molar-refractivity contribution in [2.75, 3.05) is 17.7 Å². The van der Waals surface area contributed by atoms with E-state index in [9.17, 15) is 9.59 Å². The third kappa shape index (κ3) is 8.90. The lowest BCUT2D eigenvalue weighted by Gasteiger charge is -2.24. The van der Waals surface area contributed by atoms with Crippen LogP contribution in [0.4, 0.5) is 16.2 Å². The van der Waals surface area contributed by atoms with Gasteiger partial charge in [-0.25, -0.2) is 9.78 Å². The van der Waals surface area contributed by atoms with Crippen molar-refractivity contribution in [2.24, 2.45) is 0 Å². The van der Waals surface area contributed by atoms with Crippen LogP contribution in [0.25, 0.3) is 23.0 Å². The van der Waals surface area contributed by atoms with Gasteiger partial charge < -0.3 is 20.4 Å². The Bertz CT molecular complexity index is 1890. The highest BCUT2D eigenvalue weighted by atomic mass is 35.5. The van der Waals surface area contributed by atoms with Crippen LogP contribution in [-0.2, 0) is 16.0 Å². The fraction of sp³-hybridized carbons (Fsp3) is 0.278. The van der Waals surface area contributed by atoms with Gasteiger partial charge in [0.05, 0.1) is 30.7 Å². The molecule has 5 aromatic rings. The number of methoxy groups -OCH3 is 1. The van der Waals surface area contributed by atoms with Gasteiger partial charge in [0, 0.05) is 39.6 Å². The van der Waals surface area contributed by atoms with E-state index in [2.05, 4.69) is 60.7 Å². The number of aromatic amines is 1. The minimum atomic E-state index is -0.536. The molecule has 0 spiro atoms. The maximum atomic E-state index is 13.3. The Morgan fingerprint density at radius 1 is 1.08 bits per heavy atom. The summed E-state index contributed by atoms with van der Waals surface area (Å²) in [6, 6.07) is 21.4. The number of aromatic nitrogens is 6. The van der Waals surface area contributed by atoms with E-state index in [1.807, 2.05) is 24.3 Å². The molecular formula is C36H38ClN9O3. The number of tetrazole rings is 1. The van der Waals surface area contributed by atoms with E-state index < -0.39 is 6.09 Å². The molecule has 3 heterocycles. The minimum absolute atomic E-state index is 0.195. The average Bonchev–Trinajstić information content (AvgIpc) is 3.82. The molecule has 2 bridgehead atoms. The summed E-state index contributed by atoms with van der Waals surface area (Å²) in [5.74, 6) is 0.397. The van der Waals surface area contributed by atoms with Crippen molar-refractivity contribution in [3.63, 3.8) is 0 Å². The Kier molecular flexibility index (Phi) is 11.0. The number of imidazole rings is 1. The number of carbonyl (C=O) groups is 2. The van der Waals surface area contributed by atoms with Gasteiger partial charge in [-0.1, -0.05) is 54.8 Å². The number of nitrogens with zero attached hydrogens (tertiary/aromatic N) is 5. The molecule has 49 heavy (non-hydrogen) atoms. The molecule has 2 amide bonds. The predicted octanol–water partition coefficient (Wildman–Crippen LogP) is 7.13. The standard InChI is InChI=1S/C36H38ClN9O3/c1-49-36(48)41-28-16-17-29-31(21-28)40-27(12-7-10-24-8-3-2-4-9-24)11-5-6-13-30(35-38-22-32(29)43-35)42-34(47)19-14-25-20-26(37)15-18-33(25)46-23-39-44-45-46/h2-4,8-9,14-23,27,30,40H,5-7,10-13H2,1H3,(H,38,43)(H,41,48)(H,42,47)/t27?,30-/m0/s1. The number of nitrogens with one attached hydrogen (secondary N) is 4. The number of benzene rings is 3. The number of hydrogen-bond donors (Lipinski definition) is 4. The number of rotatable bonds is 9. The normalized spacial score (nSPS) is 16.1. The van der Waals surface area contributed by atoms with Crippen LogP contribution in [0.1, 0.15) is 61.5 Å². The van der Waals surface area contributed by atoms with Gasteiger partial charge in [0.1, 0.15) is 12.2 Å². The summed E-state index contributed by atoms with van der Waals surface area (Å²) in [5.41, 5.74) is 5.90. The molecule has 3 aromatic carbocycles. The molecule has 1 aliphatic rings. The van der Waals surface area contributed by atoms with Crippen LogP contribution in [0.2, 0.25) is 5.02 Å². The summed E-state index contributed by atoms with van der Waals surface area (Å²) in [7, 11) is 1.34. The average molecular weight is 680 g/mol. The molecule has 0 saturated heterocycles. The van der Waals surface area contributed by atoms with E-state index in [0.717, 1.165) is 55.5 Å². The molecule has 2 atom stereocenters. The summed E-state index contributed by atoms with van der Waals surface area (Å²) in [5, 5.41) is 21.6. The molecule has 1 aliphatic heterocycles. The van der Waals surface area contributed by atoms with Crippen LogP contribution in [0, 0.1) is 0 Å². The highest BCUT2D eigenvalue weighted by Gasteiger charge is 2.21. The number of ether oxygens (including phenoxy) is 1. The van der Waals surface area contributed by atoms with Gasteiger partial charge in [0.25, 0.3) is 0 Å². The van der Waals surface area contributed by atoms with E-state index in [1.54, 1.807) is 30.5 Å². The van der Waals surface area contributed by atoms with Crippen molar-refractivity contribution in [1.29, 1.82) is 0 Å². The summed E-state index contributed by atoms with van der Waals surface area (Å²) in [6.07, 6.45) is 12.4. The van der Waals surface area contributed by atoms with Crippen molar-refractivity contribution in [2.45, 2.75) is 57.0 Å². The number of carbonyl (C=O) groups excluding carboxylic acids is 2. The lowest BCUT2D eigenvalue weighted by atomic mass is 9.97. The van der Waals surface area contributed by atoms with Crippen LogP contribution in [0.15, 0.2) is 85.3 Å². The Labute approximate surface area is 289 Å². The SMILES string of the molecule is COC(=O)Nc1ccc2c(c1)NC(CCCc1ccccc1)CCCC[C@H](NC(=O)C=Cc1cc(Cl)ccc1-n1cnnn1)c1ncc-2[nH]1. The maximum Gasteiger partial charge on any atom is 0.411 e. The number of amides is 2. The highest BCUT2D eigenvalue weighted by Crippen LogP contribution is 2.33. The molecule has 1 unspecified atom stereocenters. The lowest BCUT2D eigenvalue weighted by molar-refractivity contribution is -0.117. The van der Waals surface area contributed by atoms with E-state index in [4.69, 9.17) is 21.3 Å². The first kappa shape index (κ1) is 33.4. The van der Waals surface area contributed by atoms with E-state index >= 15 is 0 Å². The van der Waals surface area contributed by atoms with Crippen molar-refractivity contribution in [1.82, 2.24) is 35.5 Å². The third-order valence-electron chi connectivity index (χ3n) is 8.50. The fourth-order valence-corrected chi connectivity index (χ4v) is 6.22. The van der Waals surface area contributed by atoms with Gasteiger partial charge in [-0.2, -0.15) is 4.68 Å².